The lowest BCUT2D eigenvalue weighted by Crippen LogP contribution is -2.15. The van der Waals surface area contributed by atoms with Gasteiger partial charge in [-0.2, -0.15) is 0 Å². The van der Waals surface area contributed by atoms with Crippen LogP contribution in [-0.2, 0) is 0 Å². The predicted molar refractivity (Wildman–Crippen MR) is 68.0 cm³/mol. The summed E-state index contributed by atoms with van der Waals surface area (Å²) in [7, 11) is 0. The molecular weight excluding hydrogens is 291 g/mol. The number of nitro groups is 1. The highest BCUT2D eigenvalue weighted by atomic mass is 35.5. The van der Waals surface area contributed by atoms with Crippen LogP contribution in [0.5, 0.6) is 0 Å². The zero-order chi connectivity index (χ0) is 14.7. The Morgan fingerprint density at radius 2 is 2.20 bits per heavy atom. The molecule has 0 saturated carbocycles. The van der Waals surface area contributed by atoms with Crippen LogP contribution in [0.1, 0.15) is 10.4 Å². The Balaban J connectivity index is 2.37. The second-order valence-electron chi connectivity index (χ2n) is 3.59. The number of pyridine rings is 2. The minimum Gasteiger partial charge on any atom is -0.319 e. The molecule has 0 aliphatic carbocycles. The molecule has 0 bridgehead atoms. The van der Waals surface area contributed by atoms with E-state index in [1.807, 2.05) is 0 Å². The Labute approximate surface area is 116 Å². The average Bonchev–Trinajstić information content (AvgIpc) is 2.40. The SMILES string of the molecule is O=C(Nc1ccncc1F)c1cc(Cl)ncc1[N+](=O)[O-]. The van der Waals surface area contributed by atoms with Gasteiger partial charge in [-0.15, -0.1) is 0 Å². The van der Waals surface area contributed by atoms with Crippen molar-refractivity contribution < 1.29 is 14.1 Å². The monoisotopic (exact) mass is 296 g/mol. The number of hydrogen-bond donors (Lipinski definition) is 1. The summed E-state index contributed by atoms with van der Waals surface area (Å²) in [6.07, 6.45) is 3.04. The highest BCUT2D eigenvalue weighted by molar-refractivity contribution is 6.30. The number of hydrogen-bond acceptors (Lipinski definition) is 5. The maximum Gasteiger partial charge on any atom is 0.300 e. The van der Waals surface area contributed by atoms with Crippen LogP contribution in [0.2, 0.25) is 5.15 Å². The lowest BCUT2D eigenvalue weighted by Gasteiger charge is -2.06. The molecule has 0 unspecified atom stereocenters. The van der Waals surface area contributed by atoms with E-state index in [0.29, 0.717) is 0 Å². The van der Waals surface area contributed by atoms with E-state index < -0.39 is 22.3 Å². The molecule has 0 spiro atoms. The molecule has 9 heteroatoms. The summed E-state index contributed by atoms with van der Waals surface area (Å²) in [4.78, 5) is 29.0. The smallest absolute Gasteiger partial charge is 0.300 e. The van der Waals surface area contributed by atoms with Gasteiger partial charge in [0.25, 0.3) is 11.6 Å². The molecule has 0 saturated heterocycles. The van der Waals surface area contributed by atoms with Gasteiger partial charge in [-0.25, -0.2) is 9.37 Å². The van der Waals surface area contributed by atoms with Crippen molar-refractivity contribution in [3.8, 4) is 0 Å². The van der Waals surface area contributed by atoms with Gasteiger partial charge in [-0.3, -0.25) is 19.9 Å². The second kappa shape index (κ2) is 5.57. The number of carbonyl (C=O) groups is 1. The zero-order valence-electron chi connectivity index (χ0n) is 9.71. The van der Waals surface area contributed by atoms with E-state index in [2.05, 4.69) is 15.3 Å². The third kappa shape index (κ3) is 2.86. The minimum absolute atomic E-state index is 0.0871. The van der Waals surface area contributed by atoms with Crippen LogP contribution >= 0.6 is 11.6 Å². The Morgan fingerprint density at radius 3 is 2.85 bits per heavy atom. The van der Waals surface area contributed by atoms with Gasteiger partial charge in [0, 0.05) is 6.20 Å². The first-order valence-corrected chi connectivity index (χ1v) is 5.57. The summed E-state index contributed by atoms with van der Waals surface area (Å²) in [5, 5.41) is 12.9. The van der Waals surface area contributed by atoms with Crippen LogP contribution in [0.15, 0.2) is 30.7 Å². The van der Waals surface area contributed by atoms with Gasteiger partial charge in [0.2, 0.25) is 0 Å². The van der Waals surface area contributed by atoms with Crippen molar-refractivity contribution in [2.24, 2.45) is 0 Å². The molecule has 102 valence electrons. The molecule has 2 heterocycles. The largest absolute Gasteiger partial charge is 0.319 e. The van der Waals surface area contributed by atoms with E-state index in [9.17, 15) is 19.3 Å². The van der Waals surface area contributed by atoms with E-state index in [1.165, 1.54) is 12.3 Å². The summed E-state index contributed by atoms with van der Waals surface area (Å²) in [6.45, 7) is 0. The highest BCUT2D eigenvalue weighted by Crippen LogP contribution is 2.22. The molecule has 0 fully saturated rings. The van der Waals surface area contributed by atoms with Gasteiger partial charge >= 0.3 is 0 Å². The fourth-order valence-corrected chi connectivity index (χ4v) is 1.57. The summed E-state index contributed by atoms with van der Waals surface area (Å²) < 4.78 is 13.4. The maximum absolute atomic E-state index is 13.4. The van der Waals surface area contributed by atoms with E-state index in [-0.39, 0.29) is 16.4 Å². The van der Waals surface area contributed by atoms with E-state index in [0.717, 1.165) is 18.5 Å². The molecule has 0 atom stereocenters. The van der Waals surface area contributed by atoms with Gasteiger partial charge in [0.1, 0.15) is 16.9 Å². The lowest BCUT2D eigenvalue weighted by atomic mass is 10.2. The van der Waals surface area contributed by atoms with Gasteiger partial charge in [0.05, 0.1) is 16.8 Å². The number of rotatable bonds is 3. The molecule has 20 heavy (non-hydrogen) atoms. The zero-order valence-corrected chi connectivity index (χ0v) is 10.5. The summed E-state index contributed by atoms with van der Waals surface area (Å²) in [6, 6.07) is 2.26. The molecule has 2 rings (SSSR count). The fourth-order valence-electron chi connectivity index (χ4n) is 1.42. The van der Waals surface area contributed by atoms with Crippen LogP contribution in [-0.4, -0.2) is 20.8 Å². The molecule has 2 aromatic rings. The third-order valence-corrected chi connectivity index (χ3v) is 2.52. The fraction of sp³-hybridized carbons (Fsp3) is 0. The molecule has 0 aliphatic rings. The van der Waals surface area contributed by atoms with Crippen molar-refractivity contribution in [2.45, 2.75) is 0 Å². The van der Waals surface area contributed by atoms with Crippen LogP contribution < -0.4 is 5.32 Å². The summed E-state index contributed by atoms with van der Waals surface area (Å²) >= 11 is 5.60. The lowest BCUT2D eigenvalue weighted by molar-refractivity contribution is -0.385. The van der Waals surface area contributed by atoms with Crippen LogP contribution in [0.25, 0.3) is 0 Å². The van der Waals surface area contributed by atoms with E-state index in [1.54, 1.807) is 0 Å². The maximum atomic E-state index is 13.4. The van der Waals surface area contributed by atoms with Crippen molar-refractivity contribution >= 4 is 28.9 Å². The predicted octanol–water partition coefficient (Wildman–Crippen LogP) is 2.43. The molecule has 1 amide bonds. The number of nitrogens with one attached hydrogen (secondary N) is 1. The van der Waals surface area contributed by atoms with Crippen molar-refractivity contribution in [3.63, 3.8) is 0 Å². The van der Waals surface area contributed by atoms with Crippen LogP contribution in [0, 0.1) is 15.9 Å². The molecule has 0 aromatic carbocycles. The number of anilines is 1. The second-order valence-corrected chi connectivity index (χ2v) is 3.98. The first kappa shape index (κ1) is 13.8. The number of carbonyl (C=O) groups excluding carboxylic acids is 1. The topological polar surface area (TPSA) is 98.0 Å². The first-order valence-electron chi connectivity index (χ1n) is 5.20. The minimum atomic E-state index is -0.869. The molecule has 0 aliphatic heterocycles. The van der Waals surface area contributed by atoms with Gasteiger partial charge in [-0.1, -0.05) is 11.6 Å². The third-order valence-electron chi connectivity index (χ3n) is 2.31. The number of halogens is 2. The van der Waals surface area contributed by atoms with Crippen molar-refractivity contribution in [2.75, 3.05) is 5.32 Å². The quantitative estimate of drug-likeness (QED) is 0.533. The molecular formula is C11H6ClFN4O3. The van der Waals surface area contributed by atoms with Crippen molar-refractivity contribution in [1.29, 1.82) is 0 Å². The molecule has 1 N–H and O–H groups in total. The normalized spacial score (nSPS) is 10.1. The number of nitrogens with zero attached hydrogens (tertiary/aromatic N) is 3. The Hall–Kier alpha value is -2.61. The summed E-state index contributed by atoms with van der Waals surface area (Å²) in [5.41, 5.74) is -0.986. The van der Waals surface area contributed by atoms with Crippen LogP contribution in [0.3, 0.4) is 0 Å². The van der Waals surface area contributed by atoms with E-state index >= 15 is 0 Å². The Kier molecular flexibility index (Phi) is 3.85. The standard InChI is InChI=1S/C11H6ClFN4O3/c12-10-3-6(9(5-15-10)17(19)20)11(18)16-8-1-2-14-4-7(8)13/h1-5H,(H,14,16,18). The summed E-state index contributed by atoms with van der Waals surface area (Å²) in [5.74, 6) is -1.63. The molecule has 7 nitrogen and oxygen atoms in total. The number of aromatic nitrogens is 2. The Morgan fingerprint density at radius 1 is 1.45 bits per heavy atom. The highest BCUT2D eigenvalue weighted by Gasteiger charge is 2.22. The molecule has 2 aromatic heterocycles. The van der Waals surface area contributed by atoms with Crippen molar-refractivity contribution in [3.05, 3.63) is 57.4 Å². The van der Waals surface area contributed by atoms with Crippen LogP contribution in [0.4, 0.5) is 15.8 Å². The number of amides is 1. The van der Waals surface area contributed by atoms with E-state index in [4.69, 9.17) is 11.6 Å². The average molecular weight is 297 g/mol. The first-order chi connectivity index (χ1) is 9.49. The van der Waals surface area contributed by atoms with Crippen molar-refractivity contribution in [1.82, 2.24) is 9.97 Å². The van der Waals surface area contributed by atoms with Gasteiger partial charge in [-0.05, 0) is 12.1 Å². The van der Waals surface area contributed by atoms with Gasteiger partial charge < -0.3 is 5.32 Å². The van der Waals surface area contributed by atoms with Gasteiger partial charge in [0.15, 0.2) is 5.82 Å². The molecule has 0 radical (unpaired) electrons. The Bertz CT molecular complexity index is 695.